The summed E-state index contributed by atoms with van der Waals surface area (Å²) in [6.07, 6.45) is 2.25. The summed E-state index contributed by atoms with van der Waals surface area (Å²) in [7, 11) is 2.01. The quantitative estimate of drug-likeness (QED) is 0.798. The van der Waals surface area contributed by atoms with Gasteiger partial charge < -0.3 is 5.32 Å². The van der Waals surface area contributed by atoms with Crippen LogP contribution in [0.2, 0.25) is 0 Å². The van der Waals surface area contributed by atoms with Crippen LogP contribution in [-0.2, 0) is 26.4 Å². The second kappa shape index (κ2) is 5.01. The minimum absolute atomic E-state index is 0.531. The minimum Gasteiger partial charge on any atom is -0.308 e. The van der Waals surface area contributed by atoms with Gasteiger partial charge in [-0.3, -0.25) is 4.68 Å². The van der Waals surface area contributed by atoms with Gasteiger partial charge in [-0.2, -0.15) is 5.10 Å². The zero-order valence-corrected chi connectivity index (χ0v) is 12.2. The van der Waals surface area contributed by atoms with Gasteiger partial charge in [-0.05, 0) is 30.0 Å². The molecular formula is C18H19N3. The van der Waals surface area contributed by atoms with Crippen molar-refractivity contribution in [1.29, 1.82) is 0 Å². The highest BCUT2D eigenvalue weighted by molar-refractivity contribution is 5.81. The fourth-order valence-electron chi connectivity index (χ4n) is 3.36. The molecule has 0 atom stereocenters. The van der Waals surface area contributed by atoms with E-state index in [1.165, 1.54) is 22.0 Å². The molecule has 3 nitrogen and oxygen atoms in total. The van der Waals surface area contributed by atoms with Gasteiger partial charge in [0.15, 0.2) is 0 Å². The number of fused-ring (bicyclic) bond motifs is 2. The van der Waals surface area contributed by atoms with Crippen LogP contribution in [0.1, 0.15) is 16.8 Å². The van der Waals surface area contributed by atoms with Crippen LogP contribution in [0.25, 0.3) is 10.9 Å². The zero-order chi connectivity index (χ0) is 14.2. The van der Waals surface area contributed by atoms with Crippen LogP contribution in [0.5, 0.6) is 0 Å². The smallest absolute Gasteiger partial charge is 0.0841 e. The number of para-hydroxylation sites is 1. The van der Waals surface area contributed by atoms with Gasteiger partial charge in [0.1, 0.15) is 0 Å². The van der Waals surface area contributed by atoms with Gasteiger partial charge >= 0.3 is 0 Å². The lowest BCUT2D eigenvalue weighted by Crippen LogP contribution is -2.29. The molecule has 0 aliphatic heterocycles. The number of nitrogens with zero attached hydrogens (tertiary/aromatic N) is 2. The number of hydrogen-bond donors (Lipinski definition) is 1. The highest BCUT2D eigenvalue weighted by atomic mass is 15.3. The summed E-state index contributed by atoms with van der Waals surface area (Å²) < 4.78 is 1.97. The number of benzene rings is 2. The Morgan fingerprint density at radius 1 is 1.05 bits per heavy atom. The Morgan fingerprint density at radius 3 is 2.48 bits per heavy atom. The predicted molar refractivity (Wildman–Crippen MR) is 85.2 cm³/mol. The van der Waals surface area contributed by atoms with Crippen molar-refractivity contribution in [3.05, 3.63) is 65.4 Å². The lowest BCUT2D eigenvalue weighted by molar-refractivity contribution is 0.525. The average Bonchev–Trinajstić information content (AvgIpc) is 3.07. The molecule has 1 aromatic heterocycles. The van der Waals surface area contributed by atoms with E-state index in [2.05, 4.69) is 58.9 Å². The van der Waals surface area contributed by atoms with Crippen LogP contribution in [0.4, 0.5) is 0 Å². The third-order valence-corrected chi connectivity index (χ3v) is 4.44. The second-order valence-electron chi connectivity index (χ2n) is 5.84. The molecule has 0 amide bonds. The van der Waals surface area contributed by atoms with Gasteiger partial charge in [0.2, 0.25) is 0 Å². The molecule has 0 saturated carbocycles. The van der Waals surface area contributed by atoms with Crippen LogP contribution >= 0.6 is 0 Å². The van der Waals surface area contributed by atoms with Crippen LogP contribution in [0.15, 0.2) is 48.5 Å². The van der Waals surface area contributed by atoms with Crippen molar-refractivity contribution in [3.8, 4) is 0 Å². The maximum absolute atomic E-state index is 4.65. The molecule has 4 rings (SSSR count). The van der Waals surface area contributed by atoms with Crippen molar-refractivity contribution in [2.24, 2.45) is 7.05 Å². The van der Waals surface area contributed by atoms with E-state index in [1.54, 1.807) is 0 Å². The molecule has 106 valence electrons. The number of aryl methyl sites for hydroxylation is 1. The minimum atomic E-state index is 0.531. The Balaban J connectivity index is 1.50. The fraction of sp³-hybridized carbons (Fsp3) is 0.278. The summed E-state index contributed by atoms with van der Waals surface area (Å²) in [6.45, 7) is 0.833. The van der Waals surface area contributed by atoms with Gasteiger partial charge in [-0.15, -0.1) is 0 Å². The van der Waals surface area contributed by atoms with Crippen molar-refractivity contribution < 1.29 is 0 Å². The molecule has 0 bridgehead atoms. The van der Waals surface area contributed by atoms with Crippen LogP contribution in [0, 0.1) is 0 Å². The normalized spacial score (nSPS) is 14.7. The van der Waals surface area contributed by atoms with E-state index in [-0.39, 0.29) is 0 Å². The number of nitrogens with one attached hydrogen (secondary N) is 1. The summed E-state index contributed by atoms with van der Waals surface area (Å²) in [5.74, 6) is 0. The SMILES string of the molecule is Cn1nc(CNC2Cc3ccccc3C2)c2ccccc21. The molecule has 1 heterocycles. The third-order valence-electron chi connectivity index (χ3n) is 4.44. The highest BCUT2D eigenvalue weighted by Gasteiger charge is 2.20. The van der Waals surface area contributed by atoms with E-state index in [0.29, 0.717) is 6.04 Å². The summed E-state index contributed by atoms with van der Waals surface area (Å²) in [4.78, 5) is 0. The zero-order valence-electron chi connectivity index (χ0n) is 12.2. The van der Waals surface area contributed by atoms with Gasteiger partial charge in [0.25, 0.3) is 0 Å². The molecule has 2 aromatic carbocycles. The lowest BCUT2D eigenvalue weighted by atomic mass is 10.1. The Bertz CT molecular complexity index is 763. The number of aromatic nitrogens is 2. The molecule has 21 heavy (non-hydrogen) atoms. The predicted octanol–water partition coefficient (Wildman–Crippen LogP) is 2.83. The second-order valence-corrected chi connectivity index (χ2v) is 5.84. The first-order chi connectivity index (χ1) is 10.3. The Kier molecular flexibility index (Phi) is 3.00. The largest absolute Gasteiger partial charge is 0.308 e. The molecule has 0 unspecified atom stereocenters. The van der Waals surface area contributed by atoms with E-state index in [4.69, 9.17) is 0 Å². The van der Waals surface area contributed by atoms with Crippen molar-refractivity contribution in [2.45, 2.75) is 25.4 Å². The Morgan fingerprint density at radius 2 is 1.71 bits per heavy atom. The van der Waals surface area contributed by atoms with Crippen LogP contribution < -0.4 is 5.32 Å². The third kappa shape index (κ3) is 2.24. The number of hydrogen-bond acceptors (Lipinski definition) is 2. The van der Waals surface area contributed by atoms with Gasteiger partial charge in [-0.1, -0.05) is 42.5 Å². The van der Waals surface area contributed by atoms with Crippen molar-refractivity contribution >= 4 is 10.9 Å². The first-order valence-electron chi connectivity index (χ1n) is 7.52. The van der Waals surface area contributed by atoms with E-state index >= 15 is 0 Å². The molecule has 0 saturated heterocycles. The van der Waals surface area contributed by atoms with Gasteiger partial charge in [0, 0.05) is 25.0 Å². The molecule has 3 heteroatoms. The summed E-state index contributed by atoms with van der Waals surface area (Å²) in [5.41, 5.74) is 5.31. The maximum atomic E-state index is 4.65. The average molecular weight is 277 g/mol. The van der Waals surface area contributed by atoms with E-state index in [0.717, 1.165) is 25.1 Å². The molecule has 0 radical (unpaired) electrons. The first kappa shape index (κ1) is 12.6. The van der Waals surface area contributed by atoms with E-state index in [1.807, 2.05) is 11.7 Å². The van der Waals surface area contributed by atoms with Gasteiger partial charge in [-0.25, -0.2) is 0 Å². The van der Waals surface area contributed by atoms with Crippen molar-refractivity contribution in [2.75, 3.05) is 0 Å². The summed E-state index contributed by atoms with van der Waals surface area (Å²) in [6, 6.07) is 17.7. The topological polar surface area (TPSA) is 29.9 Å². The van der Waals surface area contributed by atoms with Crippen LogP contribution in [0.3, 0.4) is 0 Å². The number of rotatable bonds is 3. The van der Waals surface area contributed by atoms with Crippen molar-refractivity contribution in [3.63, 3.8) is 0 Å². The molecule has 3 aromatic rings. The lowest BCUT2D eigenvalue weighted by Gasteiger charge is -2.10. The molecule has 1 aliphatic carbocycles. The maximum Gasteiger partial charge on any atom is 0.0841 e. The molecule has 0 fully saturated rings. The first-order valence-corrected chi connectivity index (χ1v) is 7.52. The van der Waals surface area contributed by atoms with Gasteiger partial charge in [0.05, 0.1) is 11.2 Å². The molecule has 1 N–H and O–H groups in total. The summed E-state index contributed by atoms with van der Waals surface area (Å²) in [5, 5.41) is 9.58. The van der Waals surface area contributed by atoms with E-state index in [9.17, 15) is 0 Å². The molecule has 0 spiro atoms. The van der Waals surface area contributed by atoms with Crippen LogP contribution in [-0.4, -0.2) is 15.8 Å². The highest BCUT2D eigenvalue weighted by Crippen LogP contribution is 2.23. The Labute approximate surface area is 124 Å². The van der Waals surface area contributed by atoms with E-state index < -0.39 is 0 Å². The monoisotopic (exact) mass is 277 g/mol. The molecule has 1 aliphatic rings. The van der Waals surface area contributed by atoms with Crippen molar-refractivity contribution in [1.82, 2.24) is 15.1 Å². The molecular weight excluding hydrogens is 258 g/mol. The standard InChI is InChI=1S/C18H19N3/c1-21-18-9-5-4-8-16(18)17(20-21)12-19-15-10-13-6-2-3-7-14(13)11-15/h2-9,15,19H,10-12H2,1H3. The summed E-state index contributed by atoms with van der Waals surface area (Å²) >= 11 is 0. The fourth-order valence-corrected chi connectivity index (χ4v) is 3.36. The Hall–Kier alpha value is -2.13.